The summed E-state index contributed by atoms with van der Waals surface area (Å²) in [5, 5.41) is 4.10. The molecule has 1 atom stereocenters. The third-order valence-corrected chi connectivity index (χ3v) is 4.77. The van der Waals surface area contributed by atoms with E-state index in [1.807, 2.05) is 18.7 Å². The fourth-order valence-electron chi connectivity index (χ4n) is 3.61. The lowest BCUT2D eigenvalue weighted by molar-refractivity contribution is 0.0734. The fourth-order valence-corrected chi connectivity index (χ4v) is 3.61. The number of likely N-dealkylation sites (tertiary alicyclic amines) is 1. The normalized spacial score (nSPS) is 19.1. The number of carbonyl (C=O) groups is 1. The number of rotatable bonds is 3. The molecule has 1 fully saturated rings. The van der Waals surface area contributed by atoms with Gasteiger partial charge >= 0.3 is 0 Å². The fraction of sp³-hybridized carbons (Fsp3) is 0.444. The van der Waals surface area contributed by atoms with Crippen LogP contribution >= 0.6 is 0 Å². The van der Waals surface area contributed by atoms with Crippen LogP contribution in [-0.2, 0) is 6.42 Å². The number of ether oxygens (including phenoxy) is 2. The van der Waals surface area contributed by atoms with E-state index in [4.69, 9.17) is 14.0 Å². The molecule has 24 heavy (non-hydrogen) atoms. The van der Waals surface area contributed by atoms with Gasteiger partial charge in [0, 0.05) is 24.1 Å². The van der Waals surface area contributed by atoms with Crippen LogP contribution < -0.4 is 9.47 Å². The number of nitrogens with zero attached hydrogens (tertiary/aromatic N) is 2. The second-order valence-electron chi connectivity index (χ2n) is 6.18. The molecule has 3 heterocycles. The Bertz CT molecular complexity index is 783. The van der Waals surface area contributed by atoms with Gasteiger partial charge in [-0.15, -0.1) is 0 Å². The number of aromatic nitrogens is 1. The zero-order valence-electron chi connectivity index (χ0n) is 13.9. The molecule has 2 aliphatic rings. The van der Waals surface area contributed by atoms with Crippen molar-refractivity contribution in [2.24, 2.45) is 0 Å². The van der Waals surface area contributed by atoms with Gasteiger partial charge in [-0.2, -0.15) is 0 Å². The number of carbonyl (C=O) groups excluding carboxylic acids is 1. The molecule has 0 spiro atoms. The van der Waals surface area contributed by atoms with Crippen molar-refractivity contribution >= 4 is 5.91 Å². The summed E-state index contributed by atoms with van der Waals surface area (Å²) in [5.41, 5.74) is 2.57. The molecule has 0 bridgehead atoms. The molecule has 6 nitrogen and oxygen atoms in total. The van der Waals surface area contributed by atoms with E-state index >= 15 is 0 Å². The Kier molecular flexibility index (Phi) is 3.67. The van der Waals surface area contributed by atoms with Gasteiger partial charge in [0.1, 0.15) is 5.76 Å². The Morgan fingerprint density at radius 2 is 2.17 bits per heavy atom. The Balaban J connectivity index is 1.65. The van der Waals surface area contributed by atoms with Gasteiger partial charge in [-0.25, -0.2) is 0 Å². The van der Waals surface area contributed by atoms with Gasteiger partial charge in [0.2, 0.25) is 6.79 Å². The second kappa shape index (κ2) is 5.85. The maximum atomic E-state index is 13.0. The van der Waals surface area contributed by atoms with Gasteiger partial charge < -0.3 is 18.9 Å². The first-order valence-corrected chi connectivity index (χ1v) is 8.34. The first-order chi connectivity index (χ1) is 11.7. The summed E-state index contributed by atoms with van der Waals surface area (Å²) in [6.45, 7) is 4.94. The minimum Gasteiger partial charge on any atom is -0.454 e. The lowest BCUT2D eigenvalue weighted by Gasteiger charge is -2.25. The number of hydrogen-bond acceptors (Lipinski definition) is 5. The third kappa shape index (κ3) is 2.33. The second-order valence-corrected chi connectivity index (χ2v) is 6.18. The van der Waals surface area contributed by atoms with Crippen LogP contribution in [0.3, 0.4) is 0 Å². The van der Waals surface area contributed by atoms with Crippen molar-refractivity contribution < 1.29 is 18.8 Å². The molecule has 1 aromatic heterocycles. The van der Waals surface area contributed by atoms with E-state index in [1.165, 1.54) is 0 Å². The molecule has 0 N–H and O–H groups in total. The summed E-state index contributed by atoms with van der Waals surface area (Å²) in [5.74, 6) is 2.21. The number of fused-ring (bicyclic) bond motifs is 1. The van der Waals surface area contributed by atoms with Gasteiger partial charge in [0.25, 0.3) is 5.91 Å². The Morgan fingerprint density at radius 1 is 1.33 bits per heavy atom. The van der Waals surface area contributed by atoms with Crippen molar-refractivity contribution in [1.29, 1.82) is 0 Å². The maximum Gasteiger partial charge on any atom is 0.254 e. The Labute approximate surface area is 140 Å². The molecule has 2 aromatic rings. The van der Waals surface area contributed by atoms with Crippen LogP contribution in [0.4, 0.5) is 0 Å². The van der Waals surface area contributed by atoms with Crippen molar-refractivity contribution in [3.63, 3.8) is 0 Å². The largest absolute Gasteiger partial charge is 0.454 e. The monoisotopic (exact) mass is 328 g/mol. The van der Waals surface area contributed by atoms with Crippen LogP contribution in [0.15, 0.2) is 22.7 Å². The lowest BCUT2D eigenvalue weighted by Crippen LogP contribution is -2.31. The quantitative estimate of drug-likeness (QED) is 0.865. The highest BCUT2D eigenvalue weighted by atomic mass is 16.7. The predicted molar refractivity (Wildman–Crippen MR) is 86.2 cm³/mol. The average molecular weight is 328 g/mol. The molecule has 2 aliphatic heterocycles. The minimum atomic E-state index is 0.0125. The average Bonchev–Trinajstić information content (AvgIpc) is 3.31. The van der Waals surface area contributed by atoms with Crippen LogP contribution in [-0.4, -0.2) is 29.3 Å². The number of aryl methyl sites for hydroxylation is 2. The zero-order valence-corrected chi connectivity index (χ0v) is 13.9. The summed E-state index contributed by atoms with van der Waals surface area (Å²) in [7, 11) is 0. The van der Waals surface area contributed by atoms with Crippen LogP contribution in [0.5, 0.6) is 11.5 Å². The molecular formula is C18H20N2O4. The van der Waals surface area contributed by atoms with E-state index < -0.39 is 0 Å². The SMILES string of the molecule is CCc1onc(C)c1[C@@H]1CCCN1C(=O)c1ccc2c(c1)OCO2. The van der Waals surface area contributed by atoms with Crippen molar-refractivity contribution in [3.05, 3.63) is 40.8 Å². The van der Waals surface area contributed by atoms with Gasteiger partial charge in [-0.05, 0) is 38.0 Å². The lowest BCUT2D eigenvalue weighted by atomic mass is 10.0. The van der Waals surface area contributed by atoms with Crippen LogP contribution in [0.25, 0.3) is 0 Å². The molecule has 1 amide bonds. The van der Waals surface area contributed by atoms with Gasteiger partial charge in [0.15, 0.2) is 11.5 Å². The molecular weight excluding hydrogens is 308 g/mol. The van der Waals surface area contributed by atoms with Crippen molar-refractivity contribution in [2.75, 3.05) is 13.3 Å². The van der Waals surface area contributed by atoms with Gasteiger partial charge in [-0.3, -0.25) is 4.79 Å². The first-order valence-electron chi connectivity index (χ1n) is 8.34. The third-order valence-electron chi connectivity index (χ3n) is 4.77. The molecule has 1 aromatic carbocycles. The molecule has 0 unspecified atom stereocenters. The van der Waals surface area contributed by atoms with Crippen molar-refractivity contribution in [3.8, 4) is 11.5 Å². The molecule has 126 valence electrons. The summed E-state index contributed by atoms with van der Waals surface area (Å²) in [4.78, 5) is 15.0. The number of amides is 1. The van der Waals surface area contributed by atoms with E-state index in [0.29, 0.717) is 17.1 Å². The highest BCUT2D eigenvalue weighted by Crippen LogP contribution is 2.38. The number of benzene rings is 1. The summed E-state index contributed by atoms with van der Waals surface area (Å²) < 4.78 is 16.1. The highest BCUT2D eigenvalue weighted by molar-refractivity contribution is 5.95. The molecule has 6 heteroatoms. The predicted octanol–water partition coefficient (Wildman–Crippen LogP) is 3.25. The molecule has 0 aliphatic carbocycles. The van der Waals surface area contributed by atoms with Crippen molar-refractivity contribution in [2.45, 2.75) is 39.2 Å². The van der Waals surface area contributed by atoms with E-state index in [-0.39, 0.29) is 18.7 Å². The number of hydrogen-bond donors (Lipinski definition) is 0. The molecule has 1 saturated heterocycles. The molecule has 0 radical (unpaired) electrons. The zero-order chi connectivity index (χ0) is 16.7. The van der Waals surface area contributed by atoms with Crippen molar-refractivity contribution in [1.82, 2.24) is 10.1 Å². The van der Waals surface area contributed by atoms with E-state index in [9.17, 15) is 4.79 Å². The van der Waals surface area contributed by atoms with E-state index in [0.717, 1.165) is 42.8 Å². The minimum absolute atomic E-state index is 0.0125. The first kappa shape index (κ1) is 15.1. The summed E-state index contributed by atoms with van der Waals surface area (Å²) in [6, 6.07) is 5.39. The Hall–Kier alpha value is -2.50. The maximum absolute atomic E-state index is 13.0. The van der Waals surface area contributed by atoms with Crippen LogP contribution in [0.2, 0.25) is 0 Å². The Morgan fingerprint density at radius 3 is 3.00 bits per heavy atom. The summed E-state index contributed by atoms with van der Waals surface area (Å²) >= 11 is 0. The van der Waals surface area contributed by atoms with Crippen LogP contribution in [0.1, 0.15) is 53.2 Å². The van der Waals surface area contributed by atoms with Crippen LogP contribution in [0, 0.1) is 6.92 Å². The summed E-state index contributed by atoms with van der Waals surface area (Å²) in [6.07, 6.45) is 2.69. The van der Waals surface area contributed by atoms with E-state index in [2.05, 4.69) is 5.16 Å². The van der Waals surface area contributed by atoms with E-state index in [1.54, 1.807) is 18.2 Å². The highest BCUT2D eigenvalue weighted by Gasteiger charge is 2.35. The molecule has 4 rings (SSSR count). The molecule has 0 saturated carbocycles. The smallest absolute Gasteiger partial charge is 0.254 e. The van der Waals surface area contributed by atoms with Gasteiger partial charge in [-0.1, -0.05) is 12.1 Å². The van der Waals surface area contributed by atoms with Gasteiger partial charge in [0.05, 0.1) is 11.7 Å². The standard InChI is InChI=1S/C18H20N2O4/c1-3-14-17(11(2)19-24-14)13-5-4-8-20(13)18(21)12-6-7-15-16(9-12)23-10-22-15/h6-7,9,13H,3-5,8,10H2,1-2H3/t13-/m0/s1. The topological polar surface area (TPSA) is 64.8 Å².